The molecule has 0 aliphatic heterocycles. The Morgan fingerprint density at radius 2 is 1.81 bits per heavy atom. The van der Waals surface area contributed by atoms with Crippen LogP contribution in [0.15, 0.2) is 54.7 Å². The number of carbonyl (C=O) groups is 1. The summed E-state index contributed by atoms with van der Waals surface area (Å²) in [5, 5.41) is 0. The second kappa shape index (κ2) is 5.07. The summed E-state index contributed by atoms with van der Waals surface area (Å²) >= 11 is 0. The maximum absolute atomic E-state index is 10.5. The molecule has 1 aromatic carbocycles. The molecule has 16 heavy (non-hydrogen) atoms. The highest BCUT2D eigenvalue weighted by Crippen LogP contribution is 2.22. The van der Waals surface area contributed by atoms with E-state index in [0.29, 0.717) is 6.47 Å². The van der Waals surface area contributed by atoms with Crippen LogP contribution in [0.4, 0.5) is 0 Å². The molecule has 2 rings (SSSR count). The molecular formula is C13H11NO2. The normalized spacial score (nSPS) is 11.8. The summed E-state index contributed by atoms with van der Waals surface area (Å²) in [5.74, 6) is 0. The highest BCUT2D eigenvalue weighted by atomic mass is 16.5. The van der Waals surface area contributed by atoms with E-state index < -0.39 is 6.10 Å². The first-order valence-electron chi connectivity index (χ1n) is 4.97. The average molecular weight is 213 g/mol. The first kappa shape index (κ1) is 10.4. The summed E-state index contributed by atoms with van der Waals surface area (Å²) in [6, 6.07) is 15.1. The molecule has 0 saturated carbocycles. The predicted octanol–water partition coefficient (Wildman–Crippen LogP) is 2.34. The van der Waals surface area contributed by atoms with Gasteiger partial charge in [-0.2, -0.15) is 0 Å². The molecular weight excluding hydrogens is 202 g/mol. The van der Waals surface area contributed by atoms with E-state index in [0.717, 1.165) is 11.3 Å². The van der Waals surface area contributed by atoms with Crippen molar-refractivity contribution in [2.24, 2.45) is 0 Å². The molecule has 0 bridgehead atoms. The van der Waals surface area contributed by atoms with Crippen LogP contribution >= 0.6 is 0 Å². The standard InChI is InChI=1S/C13H11NO2/c15-10-16-13(11-6-2-1-3-7-11)12-8-4-5-9-14-12/h1-10,13H. The fourth-order valence-electron chi connectivity index (χ4n) is 1.53. The number of rotatable bonds is 4. The average Bonchev–Trinajstić information content (AvgIpc) is 2.38. The van der Waals surface area contributed by atoms with Gasteiger partial charge in [0.15, 0.2) is 6.10 Å². The third-order valence-corrected chi connectivity index (χ3v) is 2.25. The van der Waals surface area contributed by atoms with Crippen molar-refractivity contribution in [3.05, 3.63) is 66.0 Å². The summed E-state index contributed by atoms with van der Waals surface area (Å²) in [5.41, 5.74) is 1.63. The van der Waals surface area contributed by atoms with E-state index >= 15 is 0 Å². The topological polar surface area (TPSA) is 39.2 Å². The Kier molecular flexibility index (Phi) is 3.28. The molecule has 2 aromatic rings. The maximum atomic E-state index is 10.5. The van der Waals surface area contributed by atoms with E-state index in [1.807, 2.05) is 48.5 Å². The zero-order valence-corrected chi connectivity index (χ0v) is 8.61. The highest BCUT2D eigenvalue weighted by Gasteiger charge is 2.15. The molecule has 0 amide bonds. The molecule has 0 N–H and O–H groups in total. The first-order chi connectivity index (χ1) is 7.92. The molecule has 0 fully saturated rings. The summed E-state index contributed by atoms with van der Waals surface area (Å²) in [6.07, 6.45) is 1.25. The predicted molar refractivity (Wildman–Crippen MR) is 59.7 cm³/mol. The van der Waals surface area contributed by atoms with E-state index in [1.54, 1.807) is 6.20 Å². The zero-order valence-electron chi connectivity index (χ0n) is 8.61. The second-order valence-electron chi connectivity index (χ2n) is 3.28. The van der Waals surface area contributed by atoms with Crippen molar-refractivity contribution in [1.29, 1.82) is 0 Å². The van der Waals surface area contributed by atoms with Gasteiger partial charge in [0.1, 0.15) is 0 Å². The van der Waals surface area contributed by atoms with E-state index in [4.69, 9.17) is 4.74 Å². The molecule has 1 unspecified atom stereocenters. The molecule has 1 atom stereocenters. The number of nitrogens with zero attached hydrogens (tertiary/aromatic N) is 1. The van der Waals surface area contributed by atoms with Crippen LogP contribution in [-0.4, -0.2) is 11.5 Å². The Bertz CT molecular complexity index is 403. The number of aromatic nitrogens is 1. The summed E-state index contributed by atoms with van der Waals surface area (Å²) in [7, 11) is 0. The zero-order chi connectivity index (χ0) is 11.2. The van der Waals surface area contributed by atoms with Crippen LogP contribution in [0, 0.1) is 0 Å². The Morgan fingerprint density at radius 1 is 1.06 bits per heavy atom. The number of carbonyl (C=O) groups excluding carboxylic acids is 1. The van der Waals surface area contributed by atoms with Crippen LogP contribution in [0.2, 0.25) is 0 Å². The van der Waals surface area contributed by atoms with Gasteiger partial charge in [-0.1, -0.05) is 36.4 Å². The third kappa shape index (κ3) is 2.25. The lowest BCUT2D eigenvalue weighted by Crippen LogP contribution is -2.06. The van der Waals surface area contributed by atoms with Crippen molar-refractivity contribution in [3.63, 3.8) is 0 Å². The fraction of sp³-hybridized carbons (Fsp3) is 0.0769. The minimum atomic E-state index is -0.431. The summed E-state index contributed by atoms with van der Waals surface area (Å²) in [6.45, 7) is 0.451. The van der Waals surface area contributed by atoms with Gasteiger partial charge in [0.2, 0.25) is 0 Å². The first-order valence-corrected chi connectivity index (χ1v) is 4.97. The van der Waals surface area contributed by atoms with Gasteiger partial charge in [0, 0.05) is 6.20 Å². The van der Waals surface area contributed by atoms with Crippen molar-refractivity contribution in [3.8, 4) is 0 Å². The number of hydrogen-bond acceptors (Lipinski definition) is 3. The third-order valence-electron chi connectivity index (χ3n) is 2.25. The number of ether oxygens (including phenoxy) is 1. The lowest BCUT2D eigenvalue weighted by atomic mass is 10.1. The number of pyridine rings is 1. The molecule has 1 heterocycles. The lowest BCUT2D eigenvalue weighted by Gasteiger charge is -2.14. The molecule has 0 saturated heterocycles. The van der Waals surface area contributed by atoms with E-state index in [2.05, 4.69) is 4.98 Å². The van der Waals surface area contributed by atoms with Crippen LogP contribution in [0.3, 0.4) is 0 Å². The molecule has 80 valence electrons. The van der Waals surface area contributed by atoms with E-state index in [9.17, 15) is 4.79 Å². The van der Waals surface area contributed by atoms with Gasteiger partial charge in [-0.25, -0.2) is 0 Å². The Hall–Kier alpha value is -2.16. The Morgan fingerprint density at radius 3 is 2.44 bits per heavy atom. The smallest absolute Gasteiger partial charge is 0.294 e. The number of benzene rings is 1. The summed E-state index contributed by atoms with van der Waals surface area (Å²) < 4.78 is 5.07. The monoisotopic (exact) mass is 213 g/mol. The van der Waals surface area contributed by atoms with Crippen molar-refractivity contribution < 1.29 is 9.53 Å². The van der Waals surface area contributed by atoms with Gasteiger partial charge in [-0.3, -0.25) is 9.78 Å². The van der Waals surface area contributed by atoms with Gasteiger partial charge in [0.05, 0.1) is 5.69 Å². The molecule has 3 heteroatoms. The fourth-order valence-corrected chi connectivity index (χ4v) is 1.53. The Labute approximate surface area is 93.7 Å². The van der Waals surface area contributed by atoms with Gasteiger partial charge < -0.3 is 4.74 Å². The molecule has 1 aromatic heterocycles. The second-order valence-corrected chi connectivity index (χ2v) is 3.28. The maximum Gasteiger partial charge on any atom is 0.294 e. The molecule has 0 aliphatic carbocycles. The lowest BCUT2D eigenvalue weighted by molar-refractivity contribution is -0.132. The van der Waals surface area contributed by atoms with Crippen molar-refractivity contribution in [2.75, 3.05) is 0 Å². The molecule has 0 aliphatic rings. The Balaban J connectivity index is 2.35. The quantitative estimate of drug-likeness (QED) is 0.732. The summed E-state index contributed by atoms with van der Waals surface area (Å²) in [4.78, 5) is 14.7. The van der Waals surface area contributed by atoms with Crippen molar-refractivity contribution in [1.82, 2.24) is 4.98 Å². The van der Waals surface area contributed by atoms with Crippen molar-refractivity contribution in [2.45, 2.75) is 6.10 Å². The van der Waals surface area contributed by atoms with Gasteiger partial charge in [0.25, 0.3) is 6.47 Å². The van der Waals surface area contributed by atoms with Crippen molar-refractivity contribution >= 4 is 6.47 Å². The largest absolute Gasteiger partial charge is 0.453 e. The van der Waals surface area contributed by atoms with E-state index in [1.165, 1.54) is 0 Å². The molecule has 0 radical (unpaired) electrons. The van der Waals surface area contributed by atoms with Crippen LogP contribution in [0.5, 0.6) is 0 Å². The van der Waals surface area contributed by atoms with Crippen LogP contribution in [0.25, 0.3) is 0 Å². The highest BCUT2D eigenvalue weighted by molar-refractivity contribution is 5.40. The van der Waals surface area contributed by atoms with Crippen LogP contribution in [-0.2, 0) is 9.53 Å². The van der Waals surface area contributed by atoms with Gasteiger partial charge >= 0.3 is 0 Å². The van der Waals surface area contributed by atoms with Gasteiger partial charge in [-0.05, 0) is 17.7 Å². The van der Waals surface area contributed by atoms with Gasteiger partial charge in [-0.15, -0.1) is 0 Å². The molecule has 0 spiro atoms. The SMILES string of the molecule is O=COC(c1ccccc1)c1ccccn1. The minimum absolute atomic E-state index is 0.431. The van der Waals surface area contributed by atoms with E-state index in [-0.39, 0.29) is 0 Å². The number of hydrogen-bond donors (Lipinski definition) is 0. The van der Waals surface area contributed by atoms with Crippen LogP contribution in [0.1, 0.15) is 17.4 Å². The van der Waals surface area contributed by atoms with Crippen LogP contribution < -0.4 is 0 Å². The minimum Gasteiger partial charge on any atom is -0.453 e. The molecule has 3 nitrogen and oxygen atoms in total.